The number of nitrogens with one attached hydrogen (secondary N) is 2. The van der Waals surface area contributed by atoms with E-state index in [0.29, 0.717) is 48.3 Å². The molecule has 0 unspecified atom stereocenters. The molecule has 0 atom stereocenters. The smallest absolute Gasteiger partial charge is 0.322 e. The van der Waals surface area contributed by atoms with E-state index in [4.69, 9.17) is 19.3 Å². The van der Waals surface area contributed by atoms with Gasteiger partial charge in [-0.05, 0) is 57.2 Å². The maximum atomic E-state index is 12.8. The summed E-state index contributed by atoms with van der Waals surface area (Å²) in [5.74, 6) is -0.788. The Bertz CT molecular complexity index is 899. The van der Waals surface area contributed by atoms with Crippen molar-refractivity contribution in [3.8, 4) is 17.2 Å². The van der Waals surface area contributed by atoms with Crippen LogP contribution in [0.3, 0.4) is 0 Å². The lowest BCUT2D eigenvalue weighted by Crippen LogP contribution is -2.29. The van der Waals surface area contributed by atoms with Crippen LogP contribution in [0.15, 0.2) is 36.4 Å². The molecule has 9 heteroatoms. The number of benzene rings is 2. The molecule has 9 nitrogen and oxygen atoms in total. The molecule has 0 aliphatic carbocycles. The number of aliphatic carboxylic acids is 1. The van der Waals surface area contributed by atoms with Gasteiger partial charge in [-0.25, -0.2) is 0 Å². The quantitative estimate of drug-likeness (QED) is 0.501. The summed E-state index contributed by atoms with van der Waals surface area (Å²) in [6.45, 7) is 6.23. The first-order chi connectivity index (χ1) is 14.9. The fourth-order valence-corrected chi connectivity index (χ4v) is 2.69. The molecule has 0 saturated heterocycles. The second-order valence-corrected chi connectivity index (χ2v) is 6.21. The molecule has 0 heterocycles. The van der Waals surface area contributed by atoms with Crippen LogP contribution in [0.4, 0.5) is 5.69 Å². The summed E-state index contributed by atoms with van der Waals surface area (Å²) in [5.41, 5.74) is 1.06. The Balaban J connectivity index is 2.20. The Morgan fingerprint density at radius 1 is 0.806 bits per heavy atom. The summed E-state index contributed by atoms with van der Waals surface area (Å²) in [4.78, 5) is 35.2. The highest BCUT2D eigenvalue weighted by Gasteiger charge is 2.18. The predicted octanol–water partition coefficient (Wildman–Crippen LogP) is 2.95. The molecule has 0 bridgehead atoms. The Labute approximate surface area is 180 Å². The normalized spacial score (nSPS) is 10.2. The molecule has 2 aromatic carbocycles. The maximum Gasteiger partial charge on any atom is 0.322 e. The Hall–Kier alpha value is -3.75. The standard InChI is InChI=1S/C22H26N2O7/c1-4-29-17-11-15(12-18(30-5-2)20(17)31-6-3)22(28)24-16-9-7-14(8-10-16)21(27)23-13-19(25)26/h7-12H,4-6,13H2,1-3H3,(H,23,27)(H,24,28)(H,25,26). The van der Waals surface area contributed by atoms with Gasteiger partial charge >= 0.3 is 5.97 Å². The van der Waals surface area contributed by atoms with E-state index in [-0.39, 0.29) is 5.56 Å². The zero-order valence-corrected chi connectivity index (χ0v) is 17.7. The van der Waals surface area contributed by atoms with Gasteiger partial charge in [0.25, 0.3) is 11.8 Å². The van der Waals surface area contributed by atoms with E-state index in [9.17, 15) is 14.4 Å². The topological polar surface area (TPSA) is 123 Å². The number of carbonyl (C=O) groups excluding carboxylic acids is 2. The van der Waals surface area contributed by atoms with E-state index >= 15 is 0 Å². The molecule has 166 valence electrons. The minimum absolute atomic E-state index is 0.276. The Morgan fingerprint density at radius 3 is 1.84 bits per heavy atom. The van der Waals surface area contributed by atoms with E-state index in [2.05, 4.69) is 10.6 Å². The minimum Gasteiger partial charge on any atom is -0.490 e. The molecule has 2 aromatic rings. The largest absolute Gasteiger partial charge is 0.490 e. The van der Waals surface area contributed by atoms with Crippen LogP contribution in [-0.4, -0.2) is 49.3 Å². The molecule has 0 saturated carbocycles. The van der Waals surface area contributed by atoms with Gasteiger partial charge < -0.3 is 30.0 Å². The number of rotatable bonds is 11. The average molecular weight is 430 g/mol. The van der Waals surface area contributed by atoms with Crippen molar-refractivity contribution >= 4 is 23.5 Å². The van der Waals surface area contributed by atoms with Gasteiger partial charge in [0.1, 0.15) is 6.54 Å². The number of amides is 2. The number of ether oxygens (including phenoxy) is 3. The zero-order chi connectivity index (χ0) is 22.8. The van der Waals surface area contributed by atoms with Gasteiger partial charge in [0.2, 0.25) is 5.75 Å². The van der Waals surface area contributed by atoms with Crippen LogP contribution >= 0.6 is 0 Å². The van der Waals surface area contributed by atoms with E-state index in [0.717, 1.165) is 0 Å². The Kier molecular flexibility index (Phi) is 8.68. The van der Waals surface area contributed by atoms with Crippen LogP contribution in [0, 0.1) is 0 Å². The van der Waals surface area contributed by atoms with Gasteiger partial charge in [-0.15, -0.1) is 0 Å². The van der Waals surface area contributed by atoms with Crippen molar-refractivity contribution in [1.82, 2.24) is 5.32 Å². The minimum atomic E-state index is -1.13. The van der Waals surface area contributed by atoms with Crippen LogP contribution in [-0.2, 0) is 4.79 Å². The maximum absolute atomic E-state index is 12.8. The van der Waals surface area contributed by atoms with Crippen molar-refractivity contribution in [3.05, 3.63) is 47.5 Å². The van der Waals surface area contributed by atoms with Gasteiger partial charge in [0.15, 0.2) is 11.5 Å². The summed E-state index contributed by atoms with van der Waals surface area (Å²) in [7, 11) is 0. The molecule has 3 N–H and O–H groups in total. The van der Waals surface area contributed by atoms with Crippen molar-refractivity contribution in [2.24, 2.45) is 0 Å². The lowest BCUT2D eigenvalue weighted by molar-refractivity contribution is -0.135. The predicted molar refractivity (Wildman–Crippen MR) is 114 cm³/mol. The first-order valence-corrected chi connectivity index (χ1v) is 9.87. The third kappa shape index (κ3) is 6.63. The SMILES string of the molecule is CCOc1cc(C(=O)Nc2ccc(C(=O)NCC(=O)O)cc2)cc(OCC)c1OCC. The molecule has 0 aliphatic heterocycles. The lowest BCUT2D eigenvalue weighted by atomic mass is 10.1. The van der Waals surface area contributed by atoms with Gasteiger partial charge in [-0.2, -0.15) is 0 Å². The Morgan fingerprint density at radius 2 is 1.35 bits per heavy atom. The molecular weight excluding hydrogens is 404 g/mol. The van der Waals surface area contributed by atoms with Gasteiger partial charge in [0, 0.05) is 16.8 Å². The van der Waals surface area contributed by atoms with E-state index < -0.39 is 24.3 Å². The summed E-state index contributed by atoms with van der Waals surface area (Å²) in [5, 5.41) is 13.6. The molecule has 31 heavy (non-hydrogen) atoms. The second-order valence-electron chi connectivity index (χ2n) is 6.21. The molecule has 0 radical (unpaired) electrons. The van der Waals surface area contributed by atoms with Crippen LogP contribution in [0.5, 0.6) is 17.2 Å². The van der Waals surface area contributed by atoms with Crippen LogP contribution in [0.25, 0.3) is 0 Å². The number of carboxylic acid groups (broad SMARTS) is 1. The summed E-state index contributed by atoms with van der Waals surface area (Å²) < 4.78 is 16.9. The molecule has 0 aromatic heterocycles. The average Bonchev–Trinajstić information content (AvgIpc) is 2.74. The first-order valence-electron chi connectivity index (χ1n) is 9.87. The van der Waals surface area contributed by atoms with Crippen molar-refractivity contribution < 1.29 is 33.7 Å². The van der Waals surface area contributed by atoms with Gasteiger partial charge in [0.05, 0.1) is 19.8 Å². The lowest BCUT2D eigenvalue weighted by Gasteiger charge is -2.17. The fourth-order valence-electron chi connectivity index (χ4n) is 2.69. The first kappa shape index (κ1) is 23.5. The highest BCUT2D eigenvalue weighted by atomic mass is 16.5. The highest BCUT2D eigenvalue weighted by Crippen LogP contribution is 2.39. The van der Waals surface area contributed by atoms with E-state index in [1.165, 1.54) is 12.1 Å². The molecule has 0 fully saturated rings. The fraction of sp³-hybridized carbons (Fsp3) is 0.318. The number of hydrogen-bond donors (Lipinski definition) is 3. The van der Waals surface area contributed by atoms with E-state index in [1.54, 1.807) is 24.3 Å². The summed E-state index contributed by atoms with van der Waals surface area (Å²) in [6.07, 6.45) is 0. The third-order valence-corrected chi connectivity index (χ3v) is 3.98. The van der Waals surface area contributed by atoms with Crippen LogP contribution < -0.4 is 24.8 Å². The van der Waals surface area contributed by atoms with Crippen LogP contribution in [0.2, 0.25) is 0 Å². The summed E-state index contributed by atoms with van der Waals surface area (Å²) in [6, 6.07) is 9.24. The van der Waals surface area contributed by atoms with Crippen LogP contribution in [0.1, 0.15) is 41.5 Å². The van der Waals surface area contributed by atoms with Crippen molar-refractivity contribution in [1.29, 1.82) is 0 Å². The second kappa shape index (κ2) is 11.4. The van der Waals surface area contributed by atoms with E-state index in [1.807, 2.05) is 20.8 Å². The zero-order valence-electron chi connectivity index (χ0n) is 17.7. The third-order valence-electron chi connectivity index (χ3n) is 3.98. The van der Waals surface area contributed by atoms with Gasteiger partial charge in [-0.1, -0.05) is 0 Å². The molecule has 0 aliphatic rings. The number of carbonyl (C=O) groups is 3. The van der Waals surface area contributed by atoms with Crippen molar-refractivity contribution in [2.45, 2.75) is 20.8 Å². The monoisotopic (exact) mass is 430 g/mol. The summed E-state index contributed by atoms with van der Waals surface area (Å²) >= 11 is 0. The molecular formula is C22H26N2O7. The number of hydrogen-bond acceptors (Lipinski definition) is 6. The molecule has 0 spiro atoms. The van der Waals surface area contributed by atoms with Gasteiger partial charge in [-0.3, -0.25) is 14.4 Å². The number of carboxylic acids is 1. The number of anilines is 1. The molecule has 2 amide bonds. The van der Waals surface area contributed by atoms with Crippen molar-refractivity contribution in [2.75, 3.05) is 31.7 Å². The molecule has 2 rings (SSSR count). The highest BCUT2D eigenvalue weighted by molar-refractivity contribution is 6.05. The van der Waals surface area contributed by atoms with Crippen molar-refractivity contribution in [3.63, 3.8) is 0 Å².